The molecule has 3 aromatic rings. The molecule has 5 nitrogen and oxygen atoms in total. The number of rotatable bonds is 4. The summed E-state index contributed by atoms with van der Waals surface area (Å²) in [6.07, 6.45) is 1.84. The van der Waals surface area contributed by atoms with Gasteiger partial charge in [-0.15, -0.1) is 0 Å². The fourth-order valence-electron chi connectivity index (χ4n) is 2.95. The Balaban J connectivity index is 1.83. The Morgan fingerprint density at radius 2 is 1.71 bits per heavy atom. The number of aryl methyl sites for hydroxylation is 4. The second kappa shape index (κ2) is 6.35. The van der Waals surface area contributed by atoms with Crippen LogP contribution in [0.2, 0.25) is 0 Å². The first-order valence-electron chi connectivity index (χ1n) is 7.94. The van der Waals surface area contributed by atoms with E-state index in [0.29, 0.717) is 0 Å². The molecule has 0 saturated heterocycles. The normalized spacial score (nSPS) is 11.4. The zero-order chi connectivity index (χ0) is 17.3. The molecule has 3 rings (SSSR count). The van der Waals surface area contributed by atoms with Gasteiger partial charge in [-0.25, -0.2) is 0 Å². The van der Waals surface area contributed by atoms with Gasteiger partial charge in [0.2, 0.25) is 0 Å². The molecule has 0 saturated carbocycles. The fraction of sp³-hybridized carbons (Fsp3) is 0.263. The summed E-state index contributed by atoms with van der Waals surface area (Å²) >= 11 is 0. The molecule has 1 aromatic carbocycles. The molecule has 2 aromatic heterocycles. The Morgan fingerprint density at radius 3 is 2.33 bits per heavy atom. The molecule has 1 N–H and O–H groups in total. The van der Waals surface area contributed by atoms with E-state index in [4.69, 9.17) is 4.52 Å². The van der Waals surface area contributed by atoms with Gasteiger partial charge in [-0.05, 0) is 63.9 Å². The lowest BCUT2D eigenvalue weighted by Crippen LogP contribution is -2.00. The standard InChI is InChI=1S/C19H22N4O/c1-12-6-13(2)8-18(7-12)21-20-11-17-9-14(3)23(16(17)5)19-10-15(4)24-22-19/h6-11,21H,1-5H3/b20-11-. The number of aromatic nitrogens is 2. The average molecular weight is 322 g/mol. The van der Waals surface area contributed by atoms with Crippen LogP contribution in [0.3, 0.4) is 0 Å². The first-order chi connectivity index (χ1) is 11.4. The molecule has 0 fully saturated rings. The van der Waals surface area contributed by atoms with Crippen molar-refractivity contribution >= 4 is 11.9 Å². The van der Waals surface area contributed by atoms with Gasteiger partial charge in [0, 0.05) is 23.0 Å². The van der Waals surface area contributed by atoms with E-state index in [1.165, 1.54) is 11.1 Å². The summed E-state index contributed by atoms with van der Waals surface area (Å²) in [4.78, 5) is 0. The van der Waals surface area contributed by atoms with E-state index in [9.17, 15) is 0 Å². The van der Waals surface area contributed by atoms with E-state index >= 15 is 0 Å². The second-order valence-electron chi connectivity index (χ2n) is 6.20. The van der Waals surface area contributed by atoms with E-state index in [-0.39, 0.29) is 0 Å². The molecular weight excluding hydrogens is 300 g/mol. The highest BCUT2D eigenvalue weighted by atomic mass is 16.5. The number of nitrogens with one attached hydrogen (secondary N) is 1. The van der Waals surface area contributed by atoms with Crippen molar-refractivity contribution in [1.29, 1.82) is 0 Å². The van der Waals surface area contributed by atoms with Gasteiger partial charge in [0.15, 0.2) is 5.82 Å². The first-order valence-corrected chi connectivity index (χ1v) is 7.94. The third-order valence-electron chi connectivity index (χ3n) is 3.93. The van der Waals surface area contributed by atoms with Crippen LogP contribution >= 0.6 is 0 Å². The Bertz CT molecular complexity index is 882. The number of anilines is 1. The smallest absolute Gasteiger partial charge is 0.180 e. The lowest BCUT2D eigenvalue weighted by Gasteiger charge is -2.04. The first kappa shape index (κ1) is 16.1. The van der Waals surface area contributed by atoms with Crippen molar-refractivity contribution in [3.8, 4) is 5.82 Å². The van der Waals surface area contributed by atoms with E-state index in [1.807, 2.05) is 26.1 Å². The molecule has 0 atom stereocenters. The summed E-state index contributed by atoms with van der Waals surface area (Å²) in [6, 6.07) is 10.3. The summed E-state index contributed by atoms with van der Waals surface area (Å²) in [5, 5.41) is 8.47. The Kier molecular flexibility index (Phi) is 4.25. The number of hydrogen-bond donors (Lipinski definition) is 1. The van der Waals surface area contributed by atoms with Crippen molar-refractivity contribution in [3.63, 3.8) is 0 Å². The van der Waals surface area contributed by atoms with Crippen LogP contribution < -0.4 is 5.43 Å². The van der Waals surface area contributed by atoms with Crippen molar-refractivity contribution in [3.05, 3.63) is 64.2 Å². The molecule has 5 heteroatoms. The largest absolute Gasteiger partial charge is 0.360 e. The second-order valence-corrected chi connectivity index (χ2v) is 6.20. The Morgan fingerprint density at radius 1 is 1.00 bits per heavy atom. The highest BCUT2D eigenvalue weighted by Crippen LogP contribution is 2.20. The van der Waals surface area contributed by atoms with Crippen LogP contribution in [-0.4, -0.2) is 15.9 Å². The topological polar surface area (TPSA) is 55.4 Å². The molecule has 0 spiro atoms. The highest BCUT2D eigenvalue weighted by molar-refractivity contribution is 5.82. The van der Waals surface area contributed by atoms with Crippen LogP contribution in [0.15, 0.2) is 40.0 Å². The van der Waals surface area contributed by atoms with Crippen LogP contribution in [-0.2, 0) is 0 Å². The quantitative estimate of drug-likeness (QED) is 0.570. The van der Waals surface area contributed by atoms with Gasteiger partial charge in [0.05, 0.1) is 11.9 Å². The van der Waals surface area contributed by atoms with Crippen LogP contribution in [0.25, 0.3) is 5.82 Å². The van der Waals surface area contributed by atoms with Crippen LogP contribution in [0.4, 0.5) is 5.69 Å². The van der Waals surface area contributed by atoms with E-state index in [2.05, 4.69) is 65.3 Å². The minimum absolute atomic E-state index is 0.796. The summed E-state index contributed by atoms with van der Waals surface area (Å²) in [5.74, 6) is 1.59. The molecular formula is C19H22N4O. The average Bonchev–Trinajstić information content (AvgIpc) is 3.02. The van der Waals surface area contributed by atoms with Gasteiger partial charge in [-0.1, -0.05) is 11.2 Å². The minimum atomic E-state index is 0.796. The maximum Gasteiger partial charge on any atom is 0.180 e. The van der Waals surface area contributed by atoms with Gasteiger partial charge in [0.1, 0.15) is 5.76 Å². The number of hydrazone groups is 1. The molecule has 0 aliphatic carbocycles. The predicted molar refractivity (Wildman–Crippen MR) is 97.2 cm³/mol. The Hall–Kier alpha value is -2.82. The van der Waals surface area contributed by atoms with Crippen molar-refractivity contribution in [2.75, 3.05) is 5.43 Å². The van der Waals surface area contributed by atoms with Gasteiger partial charge in [-0.3, -0.25) is 9.99 Å². The summed E-state index contributed by atoms with van der Waals surface area (Å²) in [7, 11) is 0. The lowest BCUT2D eigenvalue weighted by molar-refractivity contribution is 0.394. The van der Waals surface area contributed by atoms with Gasteiger partial charge in [0.25, 0.3) is 0 Å². The number of benzene rings is 1. The van der Waals surface area contributed by atoms with E-state index < -0.39 is 0 Å². The molecule has 2 heterocycles. The zero-order valence-electron chi connectivity index (χ0n) is 14.7. The summed E-state index contributed by atoms with van der Waals surface area (Å²) in [6.45, 7) is 10.1. The molecule has 0 aliphatic heterocycles. The molecule has 0 aliphatic rings. The summed E-state index contributed by atoms with van der Waals surface area (Å²) < 4.78 is 7.25. The van der Waals surface area contributed by atoms with Gasteiger partial charge in [-0.2, -0.15) is 5.10 Å². The maximum absolute atomic E-state index is 5.18. The SMILES string of the molecule is Cc1cc(C)cc(N/N=C\c2cc(C)n(-c3cc(C)on3)c2C)c1. The lowest BCUT2D eigenvalue weighted by atomic mass is 10.1. The zero-order valence-corrected chi connectivity index (χ0v) is 14.7. The third kappa shape index (κ3) is 3.25. The number of nitrogens with zero attached hydrogens (tertiary/aromatic N) is 3. The minimum Gasteiger partial charge on any atom is -0.360 e. The van der Waals surface area contributed by atoms with Crippen molar-refractivity contribution in [1.82, 2.24) is 9.72 Å². The molecule has 24 heavy (non-hydrogen) atoms. The van der Waals surface area contributed by atoms with Crippen LogP contribution in [0, 0.1) is 34.6 Å². The van der Waals surface area contributed by atoms with Crippen LogP contribution in [0.1, 0.15) is 33.8 Å². The molecule has 124 valence electrons. The molecule has 0 unspecified atom stereocenters. The van der Waals surface area contributed by atoms with Crippen molar-refractivity contribution in [2.45, 2.75) is 34.6 Å². The van der Waals surface area contributed by atoms with Gasteiger partial charge < -0.3 is 4.52 Å². The van der Waals surface area contributed by atoms with Crippen LogP contribution in [0.5, 0.6) is 0 Å². The van der Waals surface area contributed by atoms with Gasteiger partial charge >= 0.3 is 0 Å². The highest BCUT2D eigenvalue weighted by Gasteiger charge is 2.12. The summed E-state index contributed by atoms with van der Waals surface area (Å²) in [5.41, 5.74) is 9.73. The van der Waals surface area contributed by atoms with Crippen molar-refractivity contribution in [2.24, 2.45) is 5.10 Å². The van der Waals surface area contributed by atoms with E-state index in [1.54, 1.807) is 0 Å². The van der Waals surface area contributed by atoms with E-state index in [0.717, 1.165) is 34.2 Å². The maximum atomic E-state index is 5.18. The third-order valence-corrected chi connectivity index (χ3v) is 3.93. The van der Waals surface area contributed by atoms with Crippen molar-refractivity contribution < 1.29 is 4.52 Å². The molecule has 0 bridgehead atoms. The monoisotopic (exact) mass is 322 g/mol. The number of hydrogen-bond acceptors (Lipinski definition) is 4. The fourth-order valence-corrected chi connectivity index (χ4v) is 2.95. The molecule has 0 amide bonds. The molecule has 0 radical (unpaired) electrons. The Labute approximate surface area is 142 Å². The predicted octanol–water partition coefficient (Wildman–Crippen LogP) is 4.45.